The average Bonchev–Trinajstić information content (AvgIpc) is 3.51. The van der Waals surface area contributed by atoms with E-state index in [-0.39, 0.29) is 39.4 Å². The van der Waals surface area contributed by atoms with Gasteiger partial charge in [0.1, 0.15) is 5.25 Å². The smallest absolute Gasteiger partial charge is 0.305 e. The summed E-state index contributed by atoms with van der Waals surface area (Å²) in [4.78, 5) is 67.1. The summed E-state index contributed by atoms with van der Waals surface area (Å²) < 4.78 is 11.3. The summed E-state index contributed by atoms with van der Waals surface area (Å²) in [6, 6.07) is 14.7. The SMILES string of the molecule is COc1cc([C@@H]2c3sc(=O)[nH]c3S[C@H]3C(=O)N(c4ccc([N+](=O)[O-])cc4)C(=O)[C@@H]23)ccc1OCC(=O)Nc1ccc(Cl)c(Cl)c1. The van der Waals surface area contributed by atoms with Gasteiger partial charge in [0, 0.05) is 28.6 Å². The van der Waals surface area contributed by atoms with Gasteiger partial charge >= 0.3 is 4.87 Å². The van der Waals surface area contributed by atoms with E-state index in [0.717, 1.165) is 28.0 Å². The molecule has 3 aromatic carbocycles. The maximum Gasteiger partial charge on any atom is 0.305 e. The van der Waals surface area contributed by atoms with E-state index >= 15 is 0 Å². The van der Waals surface area contributed by atoms with Crippen LogP contribution >= 0.6 is 46.3 Å². The summed E-state index contributed by atoms with van der Waals surface area (Å²) in [5, 5.41) is 14.0. The summed E-state index contributed by atoms with van der Waals surface area (Å²) in [6.07, 6.45) is 0. The van der Waals surface area contributed by atoms with Gasteiger partial charge in [-0.05, 0) is 48.0 Å². The Morgan fingerprint density at radius 1 is 1.02 bits per heavy atom. The Morgan fingerprint density at radius 2 is 1.78 bits per heavy atom. The quantitative estimate of drug-likeness (QED) is 0.139. The number of nitro benzene ring substituents is 1. The number of rotatable bonds is 8. The first-order valence-electron chi connectivity index (χ1n) is 13.1. The van der Waals surface area contributed by atoms with Crippen molar-refractivity contribution < 1.29 is 28.8 Å². The van der Waals surface area contributed by atoms with Gasteiger partial charge in [-0.15, -0.1) is 0 Å². The number of carbonyl (C=O) groups excluding carboxylic acids is 3. The third-order valence-electron chi connectivity index (χ3n) is 7.25. The van der Waals surface area contributed by atoms with Gasteiger partial charge in [0.25, 0.3) is 11.6 Å². The Hall–Kier alpha value is -4.37. The van der Waals surface area contributed by atoms with E-state index in [9.17, 15) is 29.3 Å². The molecule has 230 valence electrons. The molecule has 12 nitrogen and oxygen atoms in total. The molecule has 0 spiro atoms. The number of nitrogens with zero attached hydrogens (tertiary/aromatic N) is 2. The van der Waals surface area contributed by atoms with Crippen molar-refractivity contribution in [1.82, 2.24) is 4.98 Å². The van der Waals surface area contributed by atoms with E-state index in [1.165, 1.54) is 37.4 Å². The number of fused-ring (bicyclic) bond motifs is 2. The highest BCUT2D eigenvalue weighted by Crippen LogP contribution is 2.53. The molecule has 0 unspecified atom stereocenters. The van der Waals surface area contributed by atoms with Crippen LogP contribution in [0.1, 0.15) is 16.4 Å². The topological polar surface area (TPSA) is 161 Å². The van der Waals surface area contributed by atoms with Gasteiger partial charge in [-0.25, -0.2) is 4.90 Å². The van der Waals surface area contributed by atoms with Crippen LogP contribution in [-0.4, -0.2) is 46.6 Å². The Balaban J connectivity index is 1.28. The van der Waals surface area contributed by atoms with Crippen molar-refractivity contribution in [3.05, 3.63) is 101 Å². The Kier molecular flexibility index (Phi) is 8.31. The second kappa shape index (κ2) is 12.2. The number of benzene rings is 3. The number of H-pyrrole nitrogens is 1. The fraction of sp³-hybridized carbons (Fsp3) is 0.172. The molecule has 45 heavy (non-hydrogen) atoms. The zero-order valence-electron chi connectivity index (χ0n) is 22.9. The van der Waals surface area contributed by atoms with Gasteiger partial charge in [0.15, 0.2) is 18.1 Å². The highest BCUT2D eigenvalue weighted by atomic mass is 35.5. The minimum Gasteiger partial charge on any atom is -0.493 e. The lowest BCUT2D eigenvalue weighted by Gasteiger charge is -2.30. The molecule has 0 radical (unpaired) electrons. The number of hydrogen-bond donors (Lipinski definition) is 2. The molecule has 0 saturated carbocycles. The van der Waals surface area contributed by atoms with Crippen molar-refractivity contribution in [2.24, 2.45) is 5.92 Å². The number of aromatic nitrogens is 1. The van der Waals surface area contributed by atoms with Crippen LogP contribution in [-0.2, 0) is 14.4 Å². The number of ether oxygens (including phenoxy) is 2. The summed E-state index contributed by atoms with van der Waals surface area (Å²) in [7, 11) is 1.42. The van der Waals surface area contributed by atoms with Crippen LogP contribution in [0.5, 0.6) is 11.5 Å². The molecule has 1 aromatic heterocycles. The molecule has 0 bridgehead atoms. The number of carbonyl (C=O) groups is 3. The van der Waals surface area contributed by atoms with E-state index in [1.807, 2.05) is 0 Å². The van der Waals surface area contributed by atoms with Crippen LogP contribution in [0.4, 0.5) is 17.1 Å². The largest absolute Gasteiger partial charge is 0.493 e. The number of nitrogens with one attached hydrogen (secondary N) is 2. The van der Waals surface area contributed by atoms with Gasteiger partial charge in [-0.3, -0.25) is 29.3 Å². The van der Waals surface area contributed by atoms with Crippen LogP contribution in [0, 0.1) is 16.0 Å². The van der Waals surface area contributed by atoms with Crippen LogP contribution in [0.15, 0.2) is 70.5 Å². The van der Waals surface area contributed by atoms with Gasteiger partial charge in [0.05, 0.1) is 38.7 Å². The lowest BCUT2D eigenvalue weighted by Crippen LogP contribution is -2.32. The van der Waals surface area contributed by atoms with Crippen LogP contribution in [0.25, 0.3) is 0 Å². The monoisotopic (exact) mass is 686 g/mol. The van der Waals surface area contributed by atoms with Gasteiger partial charge in [-0.1, -0.05) is 52.4 Å². The molecule has 2 aliphatic heterocycles. The molecule has 0 aliphatic carbocycles. The maximum absolute atomic E-state index is 13.9. The van der Waals surface area contributed by atoms with Crippen molar-refractivity contribution in [2.75, 3.05) is 23.9 Å². The first kappa shape index (κ1) is 30.6. The van der Waals surface area contributed by atoms with Crippen molar-refractivity contribution in [3.8, 4) is 11.5 Å². The Labute approximate surface area is 272 Å². The minimum absolute atomic E-state index is 0.177. The molecule has 6 rings (SSSR count). The average molecular weight is 688 g/mol. The predicted molar refractivity (Wildman–Crippen MR) is 169 cm³/mol. The van der Waals surface area contributed by atoms with Gasteiger partial charge in [-0.2, -0.15) is 0 Å². The molecular formula is C29H20Cl2N4O8S2. The lowest BCUT2D eigenvalue weighted by atomic mass is 9.83. The molecule has 1 fully saturated rings. The number of thioether (sulfide) groups is 1. The van der Waals surface area contributed by atoms with Crippen LogP contribution < -0.4 is 24.6 Å². The zero-order valence-corrected chi connectivity index (χ0v) is 26.1. The fourth-order valence-corrected chi connectivity index (χ4v) is 8.08. The Bertz CT molecular complexity index is 1930. The first-order valence-corrected chi connectivity index (χ1v) is 15.6. The highest BCUT2D eigenvalue weighted by molar-refractivity contribution is 8.00. The molecule has 1 saturated heterocycles. The first-order chi connectivity index (χ1) is 21.5. The number of amides is 3. The summed E-state index contributed by atoms with van der Waals surface area (Å²) in [6.45, 7) is -0.360. The van der Waals surface area contributed by atoms with Crippen molar-refractivity contribution in [2.45, 2.75) is 16.2 Å². The molecule has 16 heteroatoms. The number of imide groups is 1. The van der Waals surface area contributed by atoms with E-state index in [0.29, 0.717) is 26.2 Å². The standard InChI is InChI=1S/C29H20Cl2N4O8S2/c1-42-20-10-13(2-9-19(20)43-12-21(36)32-14-3-8-17(30)18(31)11-14)22-23-25(44-26-24(22)45-29(39)33-26)28(38)34(27(23)37)15-4-6-16(7-5-15)35(40)41/h2-11,22-23,25H,12H2,1H3,(H,32,36)(H,33,39)/t22-,23-,25+/m0/s1. The van der Waals surface area contributed by atoms with E-state index in [4.69, 9.17) is 32.7 Å². The number of thiazole rings is 1. The lowest BCUT2D eigenvalue weighted by molar-refractivity contribution is -0.384. The molecule has 3 atom stereocenters. The Morgan fingerprint density at radius 3 is 2.47 bits per heavy atom. The number of aromatic amines is 1. The molecule has 3 amide bonds. The van der Waals surface area contributed by atoms with Crippen molar-refractivity contribution in [3.63, 3.8) is 0 Å². The number of non-ortho nitro benzene ring substituents is 1. The molecular weight excluding hydrogens is 667 g/mol. The summed E-state index contributed by atoms with van der Waals surface area (Å²) in [5.41, 5.74) is 1.05. The van der Waals surface area contributed by atoms with Crippen molar-refractivity contribution in [1.29, 1.82) is 0 Å². The van der Waals surface area contributed by atoms with E-state index < -0.39 is 39.7 Å². The fourth-order valence-electron chi connectivity index (χ4n) is 5.27. The van der Waals surface area contributed by atoms with Crippen LogP contribution in [0.2, 0.25) is 10.0 Å². The van der Waals surface area contributed by atoms with E-state index in [2.05, 4.69) is 10.3 Å². The normalized spacial score (nSPS) is 18.7. The summed E-state index contributed by atoms with van der Waals surface area (Å²) >= 11 is 14.0. The van der Waals surface area contributed by atoms with Crippen molar-refractivity contribution >= 4 is 81.1 Å². The van der Waals surface area contributed by atoms with Gasteiger partial charge < -0.3 is 19.8 Å². The summed E-state index contributed by atoms with van der Waals surface area (Å²) in [5.74, 6) is -2.53. The van der Waals surface area contributed by atoms with Gasteiger partial charge in [0.2, 0.25) is 11.8 Å². The third-order valence-corrected chi connectivity index (χ3v) is 10.4. The highest BCUT2D eigenvalue weighted by Gasteiger charge is 2.56. The number of anilines is 2. The number of hydrogen-bond acceptors (Lipinski definition) is 10. The predicted octanol–water partition coefficient (Wildman–Crippen LogP) is 5.47. The third kappa shape index (κ3) is 5.77. The van der Waals surface area contributed by atoms with Crippen LogP contribution in [0.3, 0.4) is 0 Å². The molecule has 2 N–H and O–H groups in total. The second-order valence-electron chi connectivity index (χ2n) is 9.91. The molecule has 4 aromatic rings. The maximum atomic E-state index is 13.9. The second-order valence-corrected chi connectivity index (χ2v) is 12.9. The zero-order chi connectivity index (χ0) is 32.0. The number of halogens is 2. The molecule has 2 aliphatic rings. The number of methoxy groups -OCH3 is 1. The molecule has 3 heterocycles. The van der Waals surface area contributed by atoms with E-state index in [1.54, 1.807) is 30.3 Å². The number of nitro groups is 1. The minimum atomic E-state index is -0.884.